The summed E-state index contributed by atoms with van der Waals surface area (Å²) in [5.41, 5.74) is 3.79. The number of piperazine rings is 1. The minimum Gasteiger partial charge on any atom is -0.478 e. The monoisotopic (exact) mass is 394 g/mol. The van der Waals surface area contributed by atoms with Crippen LogP contribution in [0.3, 0.4) is 0 Å². The molecule has 8 heteroatoms. The van der Waals surface area contributed by atoms with Gasteiger partial charge in [0.15, 0.2) is 0 Å². The van der Waals surface area contributed by atoms with E-state index in [4.69, 9.17) is 9.84 Å². The second kappa shape index (κ2) is 7.92. The quantitative estimate of drug-likeness (QED) is 0.663. The first-order valence-corrected chi connectivity index (χ1v) is 9.40. The van der Waals surface area contributed by atoms with Crippen molar-refractivity contribution in [2.24, 2.45) is 0 Å². The summed E-state index contributed by atoms with van der Waals surface area (Å²) >= 11 is 0. The van der Waals surface area contributed by atoms with E-state index < -0.39 is 5.97 Å². The Morgan fingerprint density at radius 3 is 2.55 bits per heavy atom. The first-order chi connectivity index (χ1) is 14.0. The van der Waals surface area contributed by atoms with Crippen LogP contribution in [0.25, 0.3) is 16.7 Å². The van der Waals surface area contributed by atoms with Gasteiger partial charge in [-0.2, -0.15) is 0 Å². The summed E-state index contributed by atoms with van der Waals surface area (Å²) in [6, 6.07) is 13.1. The zero-order valence-electron chi connectivity index (χ0n) is 16.1. The van der Waals surface area contributed by atoms with Gasteiger partial charge in [0, 0.05) is 37.6 Å². The Morgan fingerprint density at radius 2 is 1.83 bits per heavy atom. The van der Waals surface area contributed by atoms with Crippen LogP contribution in [0, 0.1) is 0 Å². The summed E-state index contributed by atoms with van der Waals surface area (Å²) in [4.78, 5) is 31.4. The lowest BCUT2D eigenvalue weighted by atomic mass is 10.2. The number of carboxylic acid groups (broad SMARTS) is 1. The molecule has 3 aromatic rings. The lowest BCUT2D eigenvalue weighted by molar-refractivity contribution is -0.142. The topological polar surface area (TPSA) is 87.9 Å². The number of methoxy groups -OCH3 is 1. The van der Waals surface area contributed by atoms with Crippen molar-refractivity contribution in [1.82, 2.24) is 14.5 Å². The fourth-order valence-electron chi connectivity index (χ4n) is 3.60. The third-order valence-corrected chi connectivity index (χ3v) is 5.22. The molecule has 8 nitrogen and oxygen atoms in total. The number of imidazole rings is 1. The number of aromatic nitrogens is 2. The molecule has 0 saturated carbocycles. The van der Waals surface area contributed by atoms with E-state index in [9.17, 15) is 9.59 Å². The van der Waals surface area contributed by atoms with Crippen molar-refractivity contribution in [3.05, 3.63) is 54.4 Å². The Morgan fingerprint density at radius 1 is 1.07 bits per heavy atom. The summed E-state index contributed by atoms with van der Waals surface area (Å²) in [6.07, 6.45) is 1.71. The first kappa shape index (κ1) is 18.9. The number of esters is 1. The molecule has 150 valence electrons. The Labute approximate surface area is 167 Å². The van der Waals surface area contributed by atoms with Gasteiger partial charge in [0.2, 0.25) is 0 Å². The number of carboxylic acids is 1. The minimum atomic E-state index is -0.963. The highest BCUT2D eigenvalue weighted by atomic mass is 16.5. The maximum absolute atomic E-state index is 11.5. The van der Waals surface area contributed by atoms with Crippen molar-refractivity contribution in [2.75, 3.05) is 44.7 Å². The normalized spacial score (nSPS) is 14.9. The summed E-state index contributed by atoms with van der Waals surface area (Å²) in [5.74, 6) is -1.17. The molecule has 0 bridgehead atoms. The minimum absolute atomic E-state index is 0.210. The van der Waals surface area contributed by atoms with Crippen molar-refractivity contribution in [3.8, 4) is 5.69 Å². The van der Waals surface area contributed by atoms with Crippen LogP contribution < -0.4 is 4.90 Å². The molecular formula is C21H22N4O4. The smallest absolute Gasteiger partial charge is 0.335 e. The Balaban J connectivity index is 1.53. The molecule has 1 saturated heterocycles. The number of fused-ring (bicyclic) bond motifs is 1. The molecule has 0 amide bonds. The molecule has 1 aliphatic rings. The standard InChI is InChI=1S/C21H22N4O4/c1-29-20(26)13-23-7-9-24(10-8-23)16-3-2-4-17(12-16)25-14-22-18-11-15(21(27)28)5-6-19(18)25/h2-6,11-12,14H,7-10,13H2,1H3,(H,27,28). The molecule has 2 heterocycles. The van der Waals surface area contributed by atoms with Gasteiger partial charge >= 0.3 is 11.9 Å². The number of anilines is 1. The van der Waals surface area contributed by atoms with Crippen molar-refractivity contribution in [3.63, 3.8) is 0 Å². The van der Waals surface area contributed by atoms with Gasteiger partial charge in [0.25, 0.3) is 0 Å². The third-order valence-electron chi connectivity index (χ3n) is 5.22. The van der Waals surface area contributed by atoms with Gasteiger partial charge in [-0.1, -0.05) is 6.07 Å². The summed E-state index contributed by atoms with van der Waals surface area (Å²) < 4.78 is 6.70. The fraction of sp³-hybridized carbons (Fsp3) is 0.286. The first-order valence-electron chi connectivity index (χ1n) is 9.40. The van der Waals surface area contributed by atoms with E-state index in [2.05, 4.69) is 26.9 Å². The predicted molar refractivity (Wildman–Crippen MR) is 109 cm³/mol. The molecule has 4 rings (SSSR count). The maximum Gasteiger partial charge on any atom is 0.335 e. The Kier molecular flexibility index (Phi) is 5.18. The number of aromatic carboxylic acids is 1. The van der Waals surface area contributed by atoms with Gasteiger partial charge in [0.1, 0.15) is 6.33 Å². The van der Waals surface area contributed by atoms with Gasteiger partial charge < -0.3 is 14.7 Å². The molecule has 0 aliphatic carbocycles. The van der Waals surface area contributed by atoms with Crippen LogP contribution in [0.2, 0.25) is 0 Å². The molecule has 1 aromatic heterocycles. The number of nitrogens with zero attached hydrogens (tertiary/aromatic N) is 4. The number of carbonyl (C=O) groups is 2. The van der Waals surface area contributed by atoms with Crippen LogP contribution in [0.5, 0.6) is 0 Å². The van der Waals surface area contributed by atoms with E-state index in [0.29, 0.717) is 12.1 Å². The number of carbonyl (C=O) groups excluding carboxylic acids is 1. The number of rotatable bonds is 5. The van der Waals surface area contributed by atoms with E-state index in [-0.39, 0.29) is 11.5 Å². The van der Waals surface area contributed by atoms with Crippen molar-refractivity contribution >= 4 is 28.7 Å². The second-order valence-electron chi connectivity index (χ2n) is 6.98. The van der Waals surface area contributed by atoms with Crippen LogP contribution in [0.1, 0.15) is 10.4 Å². The van der Waals surface area contributed by atoms with Gasteiger partial charge in [-0.15, -0.1) is 0 Å². The Hall–Kier alpha value is -3.39. The van der Waals surface area contributed by atoms with Crippen LogP contribution in [0.4, 0.5) is 5.69 Å². The van der Waals surface area contributed by atoms with Crippen LogP contribution in [0.15, 0.2) is 48.8 Å². The van der Waals surface area contributed by atoms with Crippen LogP contribution >= 0.6 is 0 Å². The highest BCUT2D eigenvalue weighted by Crippen LogP contribution is 2.24. The molecule has 2 aromatic carbocycles. The predicted octanol–water partition coefficient (Wildman–Crippen LogP) is 2.02. The SMILES string of the molecule is COC(=O)CN1CCN(c2cccc(-n3cnc4cc(C(=O)O)ccc43)c2)CC1. The molecular weight excluding hydrogens is 372 g/mol. The van der Waals surface area contributed by atoms with E-state index in [1.165, 1.54) is 7.11 Å². The molecule has 29 heavy (non-hydrogen) atoms. The summed E-state index contributed by atoms with van der Waals surface area (Å²) in [7, 11) is 1.41. The van der Waals surface area contributed by atoms with Crippen molar-refractivity contribution in [1.29, 1.82) is 0 Å². The van der Waals surface area contributed by atoms with E-state index >= 15 is 0 Å². The molecule has 1 fully saturated rings. The van der Waals surface area contributed by atoms with Gasteiger partial charge in [0.05, 0.1) is 30.3 Å². The van der Waals surface area contributed by atoms with Gasteiger partial charge in [-0.05, 0) is 36.4 Å². The highest BCUT2D eigenvalue weighted by molar-refractivity contribution is 5.92. The summed E-state index contributed by atoms with van der Waals surface area (Å²) in [6.45, 7) is 3.57. The molecule has 0 spiro atoms. The zero-order chi connectivity index (χ0) is 20.4. The molecule has 0 unspecified atom stereocenters. The van der Waals surface area contributed by atoms with E-state index in [1.807, 2.05) is 16.7 Å². The average molecular weight is 394 g/mol. The Bertz CT molecular complexity index is 1050. The number of hydrogen-bond acceptors (Lipinski definition) is 6. The highest BCUT2D eigenvalue weighted by Gasteiger charge is 2.20. The molecule has 0 radical (unpaired) electrons. The largest absolute Gasteiger partial charge is 0.478 e. The lowest BCUT2D eigenvalue weighted by Gasteiger charge is -2.35. The molecule has 1 N–H and O–H groups in total. The number of ether oxygens (including phenoxy) is 1. The third kappa shape index (κ3) is 3.93. The second-order valence-corrected chi connectivity index (χ2v) is 6.98. The zero-order valence-corrected chi connectivity index (χ0v) is 16.1. The van der Waals surface area contributed by atoms with Gasteiger partial charge in [-0.25, -0.2) is 9.78 Å². The van der Waals surface area contributed by atoms with Crippen molar-refractivity contribution < 1.29 is 19.4 Å². The van der Waals surface area contributed by atoms with Crippen molar-refractivity contribution in [2.45, 2.75) is 0 Å². The number of hydrogen-bond donors (Lipinski definition) is 1. The van der Waals surface area contributed by atoms with E-state index in [0.717, 1.165) is 43.1 Å². The number of benzene rings is 2. The average Bonchev–Trinajstić information content (AvgIpc) is 3.17. The molecule has 0 atom stereocenters. The van der Waals surface area contributed by atoms with Crippen LogP contribution in [-0.2, 0) is 9.53 Å². The van der Waals surface area contributed by atoms with Gasteiger partial charge in [-0.3, -0.25) is 14.3 Å². The van der Waals surface area contributed by atoms with Crippen LogP contribution in [-0.4, -0.2) is 71.3 Å². The fourth-order valence-corrected chi connectivity index (χ4v) is 3.60. The van der Waals surface area contributed by atoms with E-state index in [1.54, 1.807) is 24.5 Å². The maximum atomic E-state index is 11.5. The summed E-state index contributed by atoms with van der Waals surface area (Å²) in [5, 5.41) is 9.16. The lowest BCUT2D eigenvalue weighted by Crippen LogP contribution is -2.48. The molecule has 1 aliphatic heterocycles.